The standard InChI is InChI=1S/C24H36F2N2O5S/c1-22(2,3)33-21(29)24(11-15-32-16-12-24)34(30,31)28-13-8-19(9-14-28)20-6-5-18(17-27-20)7-10-23(4,25)26/h5-6,17,19H,7-16H2,1-4H3. The molecule has 0 saturated carbocycles. The lowest BCUT2D eigenvalue weighted by Crippen LogP contribution is -2.58. The third-order valence-electron chi connectivity index (χ3n) is 6.48. The van der Waals surface area contributed by atoms with Crippen LogP contribution >= 0.6 is 0 Å². The quantitative estimate of drug-likeness (QED) is 0.523. The van der Waals surface area contributed by atoms with Crippen molar-refractivity contribution in [3.8, 4) is 0 Å². The third-order valence-corrected chi connectivity index (χ3v) is 9.08. The van der Waals surface area contributed by atoms with Crippen LogP contribution in [0.1, 0.15) is 77.0 Å². The summed E-state index contributed by atoms with van der Waals surface area (Å²) in [4.78, 5) is 17.6. The molecule has 34 heavy (non-hydrogen) atoms. The van der Waals surface area contributed by atoms with Crippen LogP contribution in [0, 0.1) is 0 Å². The smallest absolute Gasteiger partial charge is 0.329 e. The zero-order chi connectivity index (χ0) is 25.2. The molecular formula is C24H36F2N2O5S. The van der Waals surface area contributed by atoms with Crippen LogP contribution in [0.5, 0.6) is 0 Å². The summed E-state index contributed by atoms with van der Waals surface area (Å²) in [6.45, 7) is 7.02. The highest BCUT2D eigenvalue weighted by Crippen LogP contribution is 2.38. The van der Waals surface area contributed by atoms with Gasteiger partial charge in [0.25, 0.3) is 0 Å². The Morgan fingerprint density at radius 2 is 1.79 bits per heavy atom. The van der Waals surface area contributed by atoms with Crippen molar-refractivity contribution < 1.29 is 31.5 Å². The van der Waals surface area contributed by atoms with Crippen molar-refractivity contribution in [3.63, 3.8) is 0 Å². The summed E-state index contributed by atoms with van der Waals surface area (Å²) in [6.07, 6.45) is 2.94. The number of hydrogen-bond acceptors (Lipinski definition) is 6. The van der Waals surface area contributed by atoms with Crippen molar-refractivity contribution in [2.75, 3.05) is 26.3 Å². The van der Waals surface area contributed by atoms with Crippen molar-refractivity contribution in [2.45, 2.75) is 88.4 Å². The normalized spacial score (nSPS) is 20.8. The van der Waals surface area contributed by atoms with Crippen LogP contribution in [0.25, 0.3) is 0 Å². The van der Waals surface area contributed by atoms with Crippen LogP contribution in [0.3, 0.4) is 0 Å². The molecular weight excluding hydrogens is 466 g/mol. The Labute approximate surface area is 201 Å². The van der Waals surface area contributed by atoms with Gasteiger partial charge in [-0.05, 0) is 58.6 Å². The first-order chi connectivity index (χ1) is 15.7. The van der Waals surface area contributed by atoms with Crippen LogP contribution in [0.4, 0.5) is 8.78 Å². The minimum Gasteiger partial charge on any atom is -0.459 e. The summed E-state index contributed by atoms with van der Waals surface area (Å²) in [5.74, 6) is -3.35. The SMILES string of the molecule is CC(F)(F)CCc1ccc(C2CCN(S(=O)(=O)C3(C(=O)OC(C)(C)C)CCOCC3)CC2)nc1. The molecule has 0 aromatic carbocycles. The lowest BCUT2D eigenvalue weighted by atomic mass is 9.93. The fourth-order valence-electron chi connectivity index (χ4n) is 4.47. The van der Waals surface area contributed by atoms with E-state index in [0.29, 0.717) is 12.8 Å². The summed E-state index contributed by atoms with van der Waals surface area (Å²) >= 11 is 0. The summed E-state index contributed by atoms with van der Waals surface area (Å²) in [5, 5.41) is 0. The topological polar surface area (TPSA) is 85.8 Å². The van der Waals surface area contributed by atoms with E-state index in [1.807, 2.05) is 12.1 Å². The van der Waals surface area contributed by atoms with Gasteiger partial charge in [-0.3, -0.25) is 9.78 Å². The van der Waals surface area contributed by atoms with Crippen molar-refractivity contribution in [1.29, 1.82) is 0 Å². The van der Waals surface area contributed by atoms with Gasteiger partial charge in [-0.2, -0.15) is 0 Å². The maximum atomic E-state index is 13.7. The number of nitrogens with zero attached hydrogens (tertiary/aromatic N) is 2. The Morgan fingerprint density at radius 1 is 1.18 bits per heavy atom. The van der Waals surface area contributed by atoms with Gasteiger partial charge in [-0.1, -0.05) is 6.07 Å². The van der Waals surface area contributed by atoms with E-state index >= 15 is 0 Å². The minimum atomic E-state index is -3.96. The van der Waals surface area contributed by atoms with E-state index in [9.17, 15) is 22.0 Å². The molecule has 2 aliphatic rings. The molecule has 0 bridgehead atoms. The zero-order valence-corrected chi connectivity index (χ0v) is 21.3. The molecule has 0 spiro atoms. The molecule has 7 nitrogen and oxygen atoms in total. The number of aryl methyl sites for hydroxylation is 1. The number of carbonyl (C=O) groups excluding carboxylic acids is 1. The minimum absolute atomic E-state index is 0.0697. The monoisotopic (exact) mass is 502 g/mol. The van der Waals surface area contributed by atoms with Gasteiger partial charge in [0.2, 0.25) is 15.9 Å². The van der Waals surface area contributed by atoms with Crippen molar-refractivity contribution in [1.82, 2.24) is 9.29 Å². The molecule has 10 heteroatoms. The van der Waals surface area contributed by atoms with Crippen LogP contribution in [-0.4, -0.2) is 66.3 Å². The number of alkyl halides is 2. The zero-order valence-electron chi connectivity index (χ0n) is 20.5. The Hall–Kier alpha value is -1.65. The molecule has 1 aromatic heterocycles. The van der Waals surface area contributed by atoms with E-state index in [2.05, 4.69) is 4.98 Å². The lowest BCUT2D eigenvalue weighted by molar-refractivity contribution is -0.161. The highest BCUT2D eigenvalue weighted by molar-refractivity contribution is 7.91. The van der Waals surface area contributed by atoms with E-state index in [1.54, 1.807) is 27.0 Å². The first kappa shape index (κ1) is 26.9. The Morgan fingerprint density at radius 3 is 2.29 bits per heavy atom. The highest BCUT2D eigenvalue weighted by atomic mass is 32.2. The molecule has 0 atom stereocenters. The Kier molecular flexibility index (Phi) is 8.04. The van der Waals surface area contributed by atoms with Crippen LogP contribution in [0.2, 0.25) is 0 Å². The predicted molar refractivity (Wildman–Crippen MR) is 124 cm³/mol. The third kappa shape index (κ3) is 6.31. The molecule has 0 aliphatic carbocycles. The number of rotatable bonds is 7. The number of esters is 1. The molecule has 192 valence electrons. The fraction of sp³-hybridized carbons (Fsp3) is 0.750. The summed E-state index contributed by atoms with van der Waals surface area (Å²) < 4.78 is 64.3. The van der Waals surface area contributed by atoms with Gasteiger partial charge in [0, 0.05) is 63.4 Å². The van der Waals surface area contributed by atoms with E-state index in [-0.39, 0.29) is 57.9 Å². The molecule has 3 heterocycles. The highest BCUT2D eigenvalue weighted by Gasteiger charge is 2.56. The fourth-order valence-corrected chi connectivity index (χ4v) is 6.59. The molecule has 0 N–H and O–H groups in total. The molecule has 0 radical (unpaired) electrons. The maximum absolute atomic E-state index is 13.7. The van der Waals surface area contributed by atoms with Gasteiger partial charge in [-0.25, -0.2) is 21.5 Å². The van der Waals surface area contributed by atoms with Gasteiger partial charge in [0.15, 0.2) is 4.75 Å². The van der Waals surface area contributed by atoms with Gasteiger partial charge in [0.1, 0.15) is 5.60 Å². The first-order valence-electron chi connectivity index (χ1n) is 11.9. The molecule has 0 amide bonds. The molecule has 3 rings (SSSR count). The van der Waals surface area contributed by atoms with E-state index in [0.717, 1.165) is 18.2 Å². The summed E-state index contributed by atoms with van der Waals surface area (Å²) in [7, 11) is -3.96. The summed E-state index contributed by atoms with van der Waals surface area (Å²) in [6, 6.07) is 3.66. The van der Waals surface area contributed by atoms with Crippen LogP contribution < -0.4 is 0 Å². The molecule has 2 fully saturated rings. The predicted octanol–water partition coefficient (Wildman–Crippen LogP) is 4.07. The average molecular weight is 503 g/mol. The second-order valence-corrected chi connectivity index (χ2v) is 12.7. The number of halogens is 2. The second-order valence-electron chi connectivity index (χ2n) is 10.4. The van der Waals surface area contributed by atoms with E-state index in [1.165, 1.54) is 4.31 Å². The van der Waals surface area contributed by atoms with Crippen molar-refractivity contribution in [3.05, 3.63) is 29.6 Å². The largest absolute Gasteiger partial charge is 0.459 e. The molecule has 0 unspecified atom stereocenters. The van der Waals surface area contributed by atoms with Gasteiger partial charge < -0.3 is 9.47 Å². The molecule has 1 aromatic rings. The number of ether oxygens (including phenoxy) is 2. The second kappa shape index (κ2) is 10.1. The number of pyridine rings is 1. The van der Waals surface area contributed by atoms with Gasteiger partial charge >= 0.3 is 5.97 Å². The molecule has 2 saturated heterocycles. The number of piperidine rings is 1. The van der Waals surface area contributed by atoms with Crippen LogP contribution in [-0.2, 0) is 30.7 Å². The van der Waals surface area contributed by atoms with Gasteiger partial charge in [-0.15, -0.1) is 0 Å². The Balaban J connectivity index is 1.68. The number of carbonyl (C=O) groups is 1. The van der Waals surface area contributed by atoms with Crippen molar-refractivity contribution >= 4 is 16.0 Å². The number of hydrogen-bond donors (Lipinski definition) is 0. The maximum Gasteiger partial charge on any atom is 0.329 e. The first-order valence-corrected chi connectivity index (χ1v) is 13.3. The molecule has 2 aliphatic heterocycles. The van der Waals surface area contributed by atoms with Crippen molar-refractivity contribution in [2.24, 2.45) is 0 Å². The van der Waals surface area contributed by atoms with Gasteiger partial charge in [0.05, 0.1) is 0 Å². The van der Waals surface area contributed by atoms with E-state index in [4.69, 9.17) is 9.47 Å². The number of sulfonamides is 1. The summed E-state index contributed by atoms with van der Waals surface area (Å²) in [5.41, 5.74) is 0.788. The van der Waals surface area contributed by atoms with E-state index < -0.39 is 32.3 Å². The average Bonchev–Trinajstić information content (AvgIpc) is 2.77. The number of aromatic nitrogens is 1. The van der Waals surface area contributed by atoms with Crippen LogP contribution in [0.15, 0.2) is 18.3 Å². The Bertz CT molecular complexity index is 941. The lowest BCUT2D eigenvalue weighted by Gasteiger charge is -2.41.